The fourth-order valence-corrected chi connectivity index (χ4v) is 4.33. The summed E-state index contributed by atoms with van der Waals surface area (Å²) < 4.78 is 23.1. The molecule has 0 saturated carbocycles. The average Bonchev–Trinajstić information content (AvgIpc) is 3.26. The minimum absolute atomic E-state index is 0.0417. The summed E-state index contributed by atoms with van der Waals surface area (Å²) in [6, 6.07) is 20.0. The van der Waals surface area contributed by atoms with E-state index in [1.54, 1.807) is 0 Å². The van der Waals surface area contributed by atoms with Gasteiger partial charge < -0.3 is 28.8 Å². The lowest BCUT2D eigenvalue weighted by molar-refractivity contribution is -0.306. The first-order chi connectivity index (χ1) is 17.5. The summed E-state index contributed by atoms with van der Waals surface area (Å²) in [6.45, 7) is 6.92. The first kappa shape index (κ1) is 25.6. The van der Waals surface area contributed by atoms with Crippen LogP contribution in [0, 0.1) is 6.92 Å². The van der Waals surface area contributed by atoms with E-state index >= 15 is 0 Å². The Balaban J connectivity index is 1.34. The molecule has 1 atom stereocenters. The molecule has 4 rings (SSSR count). The molecular weight excluding hydrogens is 456 g/mol. The van der Waals surface area contributed by atoms with Gasteiger partial charge in [-0.25, -0.2) is 0 Å². The molecule has 36 heavy (non-hydrogen) atoms. The highest BCUT2D eigenvalue weighted by atomic mass is 16.5. The van der Waals surface area contributed by atoms with Crippen molar-refractivity contribution in [3.05, 3.63) is 77.4 Å². The van der Waals surface area contributed by atoms with Crippen molar-refractivity contribution in [1.82, 2.24) is 0 Å². The molecule has 190 valence electrons. The zero-order chi connectivity index (χ0) is 25.3. The molecule has 3 aromatic rings. The van der Waals surface area contributed by atoms with E-state index in [0.29, 0.717) is 37.9 Å². The second-order valence-corrected chi connectivity index (χ2v) is 9.06. The van der Waals surface area contributed by atoms with Crippen LogP contribution in [0.3, 0.4) is 0 Å². The minimum atomic E-state index is -1.07. The van der Waals surface area contributed by atoms with Gasteiger partial charge in [-0.1, -0.05) is 43.7 Å². The van der Waals surface area contributed by atoms with Gasteiger partial charge in [-0.05, 0) is 66.3 Å². The summed E-state index contributed by atoms with van der Waals surface area (Å²) in [5.74, 6) is 0.967. The Morgan fingerprint density at radius 2 is 1.83 bits per heavy atom. The standard InChI is InChI=1S/C30H34O6/c1-3-4-12-33-13-14-34-25-8-10-27(21(2)15-25)23-7-5-6-22(16-23)19-35-26-9-11-28-24(17-30(31)32)20-36-29(28)18-26/h5-11,15-16,18,24H,3-4,12-14,17,19-20H2,1-2H3,(H,31,32)/p-1. The number of rotatable bonds is 13. The van der Waals surface area contributed by atoms with Crippen LogP contribution < -0.4 is 19.3 Å². The molecule has 0 N–H and O–H groups in total. The zero-order valence-electron chi connectivity index (χ0n) is 21.0. The Labute approximate surface area is 212 Å². The Morgan fingerprint density at radius 1 is 1.00 bits per heavy atom. The molecule has 0 spiro atoms. The van der Waals surface area contributed by atoms with Gasteiger partial charge in [-0.2, -0.15) is 0 Å². The topological polar surface area (TPSA) is 77.0 Å². The van der Waals surface area contributed by atoms with Gasteiger partial charge in [0.25, 0.3) is 0 Å². The molecule has 1 aliphatic rings. The maximum Gasteiger partial charge on any atom is 0.126 e. The van der Waals surface area contributed by atoms with Crippen LogP contribution >= 0.6 is 0 Å². The van der Waals surface area contributed by atoms with Crippen molar-refractivity contribution in [2.75, 3.05) is 26.4 Å². The normalized spacial score (nSPS) is 14.2. The third kappa shape index (κ3) is 6.79. The van der Waals surface area contributed by atoms with Gasteiger partial charge in [0.1, 0.15) is 30.5 Å². The van der Waals surface area contributed by atoms with Crippen LogP contribution in [0.5, 0.6) is 17.2 Å². The van der Waals surface area contributed by atoms with E-state index in [1.165, 1.54) is 0 Å². The van der Waals surface area contributed by atoms with E-state index in [9.17, 15) is 9.90 Å². The number of carbonyl (C=O) groups is 1. The maximum absolute atomic E-state index is 10.9. The van der Waals surface area contributed by atoms with E-state index in [0.717, 1.165) is 53.0 Å². The van der Waals surface area contributed by atoms with Crippen molar-refractivity contribution in [3.63, 3.8) is 0 Å². The number of carboxylic acid groups (broad SMARTS) is 1. The summed E-state index contributed by atoms with van der Waals surface area (Å²) in [4.78, 5) is 10.9. The molecule has 0 bridgehead atoms. The highest BCUT2D eigenvalue weighted by Crippen LogP contribution is 2.38. The van der Waals surface area contributed by atoms with Gasteiger partial charge >= 0.3 is 0 Å². The number of fused-ring (bicyclic) bond motifs is 1. The zero-order valence-corrected chi connectivity index (χ0v) is 21.0. The maximum atomic E-state index is 10.9. The van der Waals surface area contributed by atoms with Crippen LogP contribution in [0.2, 0.25) is 0 Å². The molecule has 0 aliphatic carbocycles. The Morgan fingerprint density at radius 3 is 2.64 bits per heavy atom. The molecule has 0 fully saturated rings. The van der Waals surface area contributed by atoms with Crippen LogP contribution in [0.25, 0.3) is 11.1 Å². The third-order valence-corrected chi connectivity index (χ3v) is 6.26. The van der Waals surface area contributed by atoms with Crippen molar-refractivity contribution < 1.29 is 28.8 Å². The quantitative estimate of drug-likeness (QED) is 0.313. The molecule has 1 unspecified atom stereocenters. The largest absolute Gasteiger partial charge is 0.550 e. The smallest absolute Gasteiger partial charge is 0.126 e. The van der Waals surface area contributed by atoms with E-state index in [4.69, 9.17) is 18.9 Å². The van der Waals surface area contributed by atoms with E-state index in [2.05, 4.69) is 38.1 Å². The lowest BCUT2D eigenvalue weighted by atomic mass is 9.98. The highest BCUT2D eigenvalue weighted by molar-refractivity contribution is 5.69. The third-order valence-electron chi connectivity index (χ3n) is 6.26. The predicted octanol–water partition coefficient (Wildman–Crippen LogP) is 5.05. The second-order valence-electron chi connectivity index (χ2n) is 9.06. The van der Waals surface area contributed by atoms with Gasteiger partial charge in [0.15, 0.2) is 0 Å². The molecule has 6 nitrogen and oxygen atoms in total. The van der Waals surface area contributed by atoms with Gasteiger partial charge in [-0.15, -0.1) is 0 Å². The monoisotopic (exact) mass is 489 g/mol. The lowest BCUT2D eigenvalue weighted by Gasteiger charge is -2.13. The summed E-state index contributed by atoms with van der Waals surface area (Å²) in [6.07, 6.45) is 2.17. The lowest BCUT2D eigenvalue weighted by Crippen LogP contribution is -2.24. The molecule has 0 amide bonds. The number of ether oxygens (including phenoxy) is 4. The molecular formula is C30H33O6-. The van der Waals surface area contributed by atoms with E-state index in [-0.39, 0.29) is 12.3 Å². The Kier molecular flexibility index (Phi) is 8.85. The number of hydrogen-bond acceptors (Lipinski definition) is 6. The van der Waals surface area contributed by atoms with Crippen molar-refractivity contribution >= 4 is 5.97 Å². The van der Waals surface area contributed by atoms with Crippen LogP contribution in [0.15, 0.2) is 60.7 Å². The van der Waals surface area contributed by atoms with Crippen molar-refractivity contribution in [2.45, 2.75) is 45.6 Å². The fourth-order valence-electron chi connectivity index (χ4n) is 4.33. The minimum Gasteiger partial charge on any atom is -0.550 e. The van der Waals surface area contributed by atoms with Crippen LogP contribution in [-0.2, 0) is 16.1 Å². The first-order valence-corrected chi connectivity index (χ1v) is 12.5. The van der Waals surface area contributed by atoms with Crippen molar-refractivity contribution in [1.29, 1.82) is 0 Å². The Bertz CT molecular complexity index is 1170. The molecule has 1 aliphatic heterocycles. The first-order valence-electron chi connectivity index (χ1n) is 12.5. The summed E-state index contributed by atoms with van der Waals surface area (Å²) in [5.41, 5.74) is 5.34. The molecule has 0 radical (unpaired) electrons. The summed E-state index contributed by atoms with van der Waals surface area (Å²) in [5, 5.41) is 10.9. The van der Waals surface area contributed by atoms with Gasteiger partial charge in [0, 0.05) is 30.1 Å². The van der Waals surface area contributed by atoms with Crippen molar-refractivity contribution in [2.24, 2.45) is 0 Å². The number of hydrogen-bond donors (Lipinski definition) is 0. The van der Waals surface area contributed by atoms with Gasteiger partial charge in [-0.3, -0.25) is 0 Å². The highest BCUT2D eigenvalue weighted by Gasteiger charge is 2.24. The molecule has 6 heteroatoms. The van der Waals surface area contributed by atoms with Crippen molar-refractivity contribution in [3.8, 4) is 28.4 Å². The van der Waals surface area contributed by atoms with Crippen LogP contribution in [-0.4, -0.2) is 32.4 Å². The van der Waals surface area contributed by atoms with Crippen LogP contribution in [0.1, 0.15) is 48.8 Å². The Hall–Kier alpha value is -3.51. The number of unbranched alkanes of at least 4 members (excludes halogenated alkanes) is 1. The molecule has 3 aromatic carbocycles. The molecule has 0 aromatic heterocycles. The second kappa shape index (κ2) is 12.5. The molecule has 0 saturated heterocycles. The fraction of sp³-hybridized carbons (Fsp3) is 0.367. The molecule has 1 heterocycles. The van der Waals surface area contributed by atoms with Crippen LogP contribution in [0.4, 0.5) is 0 Å². The number of carbonyl (C=O) groups excluding carboxylic acids is 1. The number of aryl methyl sites for hydroxylation is 1. The van der Waals surface area contributed by atoms with E-state index < -0.39 is 5.97 Å². The van der Waals surface area contributed by atoms with Gasteiger partial charge in [0.2, 0.25) is 0 Å². The predicted molar refractivity (Wildman–Crippen MR) is 136 cm³/mol. The van der Waals surface area contributed by atoms with E-state index in [1.807, 2.05) is 36.4 Å². The summed E-state index contributed by atoms with van der Waals surface area (Å²) >= 11 is 0. The average molecular weight is 490 g/mol. The van der Waals surface area contributed by atoms with Gasteiger partial charge in [0.05, 0.1) is 13.2 Å². The summed E-state index contributed by atoms with van der Waals surface area (Å²) in [7, 11) is 0. The number of aliphatic carboxylic acids is 1. The number of carboxylic acids is 1. The SMILES string of the molecule is CCCCOCCOc1ccc(-c2cccc(COc3ccc4c(c3)OCC4CC(=O)[O-])c2)c(C)c1. The number of benzene rings is 3.